The van der Waals surface area contributed by atoms with Gasteiger partial charge in [0.05, 0.1) is 13.2 Å². The van der Waals surface area contributed by atoms with E-state index in [0.717, 1.165) is 66.5 Å². The standard InChI is InChI=1S/C30H38N2O5/c1-20(11-9-10-14-24(33)37-30(2,3)4)35-28-26-25(21-15-17-23(34-5)18-16-21)27(22-12-7-6-8-13-22)36-29(26)32-19-31-28/h12,15-20H,6-11,13-14H2,1-5H3/t20-/m1/s1. The van der Waals surface area contributed by atoms with E-state index in [2.05, 4.69) is 16.0 Å². The molecule has 0 radical (unpaired) electrons. The summed E-state index contributed by atoms with van der Waals surface area (Å²) < 4.78 is 23.5. The average molecular weight is 507 g/mol. The Kier molecular flexibility index (Phi) is 8.52. The third-order valence-corrected chi connectivity index (χ3v) is 6.39. The van der Waals surface area contributed by atoms with Crippen molar-refractivity contribution in [2.75, 3.05) is 7.11 Å². The minimum atomic E-state index is -0.454. The molecule has 198 valence electrons. The lowest BCUT2D eigenvalue weighted by molar-refractivity contribution is -0.154. The highest BCUT2D eigenvalue weighted by Crippen LogP contribution is 2.44. The Morgan fingerprint density at radius 2 is 1.89 bits per heavy atom. The van der Waals surface area contributed by atoms with Crippen LogP contribution in [0.1, 0.15) is 84.8 Å². The molecule has 1 aromatic carbocycles. The fraction of sp³-hybridized carbons (Fsp3) is 0.500. The fourth-order valence-electron chi connectivity index (χ4n) is 4.64. The van der Waals surface area contributed by atoms with Crippen molar-refractivity contribution in [2.24, 2.45) is 0 Å². The maximum absolute atomic E-state index is 12.0. The van der Waals surface area contributed by atoms with Gasteiger partial charge < -0.3 is 18.6 Å². The van der Waals surface area contributed by atoms with Crippen LogP contribution in [0, 0.1) is 0 Å². The van der Waals surface area contributed by atoms with E-state index in [0.29, 0.717) is 18.0 Å². The van der Waals surface area contributed by atoms with Crippen LogP contribution in [-0.4, -0.2) is 34.8 Å². The summed E-state index contributed by atoms with van der Waals surface area (Å²) in [6, 6.07) is 7.97. The van der Waals surface area contributed by atoms with Crippen LogP contribution < -0.4 is 9.47 Å². The van der Waals surface area contributed by atoms with Gasteiger partial charge in [0, 0.05) is 12.0 Å². The van der Waals surface area contributed by atoms with Crippen molar-refractivity contribution < 1.29 is 23.4 Å². The first-order valence-corrected chi connectivity index (χ1v) is 13.2. The van der Waals surface area contributed by atoms with Crippen molar-refractivity contribution in [1.29, 1.82) is 0 Å². The molecule has 0 amide bonds. The molecule has 0 saturated carbocycles. The van der Waals surface area contributed by atoms with Crippen LogP contribution in [0.4, 0.5) is 0 Å². The van der Waals surface area contributed by atoms with Gasteiger partial charge in [-0.25, -0.2) is 9.97 Å². The molecule has 2 aromatic heterocycles. The Morgan fingerprint density at radius 3 is 2.57 bits per heavy atom. The normalized spacial score (nSPS) is 14.8. The molecule has 0 saturated heterocycles. The summed E-state index contributed by atoms with van der Waals surface area (Å²) >= 11 is 0. The van der Waals surface area contributed by atoms with Crippen molar-refractivity contribution in [2.45, 2.75) is 90.8 Å². The van der Waals surface area contributed by atoms with E-state index >= 15 is 0 Å². The lowest BCUT2D eigenvalue weighted by Crippen LogP contribution is -2.23. The molecule has 7 nitrogen and oxygen atoms in total. The Bertz CT molecular complexity index is 1240. The number of benzene rings is 1. The van der Waals surface area contributed by atoms with Gasteiger partial charge in [-0.1, -0.05) is 18.2 Å². The zero-order valence-corrected chi connectivity index (χ0v) is 22.6. The minimum Gasteiger partial charge on any atom is -0.497 e. The summed E-state index contributed by atoms with van der Waals surface area (Å²) in [6.45, 7) is 7.68. The molecule has 1 aliphatic rings. The number of allylic oxidation sites excluding steroid dienone is 2. The van der Waals surface area contributed by atoms with Gasteiger partial charge in [0.1, 0.15) is 28.8 Å². The third kappa shape index (κ3) is 6.90. The van der Waals surface area contributed by atoms with Crippen LogP contribution in [0.25, 0.3) is 27.8 Å². The maximum atomic E-state index is 12.0. The Hall–Kier alpha value is -3.35. The Labute approximate surface area is 219 Å². The van der Waals surface area contributed by atoms with Crippen LogP contribution in [0.3, 0.4) is 0 Å². The van der Waals surface area contributed by atoms with Crippen LogP contribution in [0.5, 0.6) is 11.6 Å². The van der Waals surface area contributed by atoms with Crippen LogP contribution in [-0.2, 0) is 9.53 Å². The molecule has 0 bridgehead atoms. The largest absolute Gasteiger partial charge is 0.497 e. The number of methoxy groups -OCH3 is 1. The summed E-state index contributed by atoms with van der Waals surface area (Å²) in [5.74, 6) is 1.99. The van der Waals surface area contributed by atoms with Crippen molar-refractivity contribution in [1.82, 2.24) is 9.97 Å². The van der Waals surface area contributed by atoms with E-state index < -0.39 is 5.60 Å². The molecule has 3 aromatic rings. The van der Waals surface area contributed by atoms with Crippen molar-refractivity contribution in [3.8, 4) is 22.8 Å². The predicted molar refractivity (Wildman–Crippen MR) is 145 cm³/mol. The smallest absolute Gasteiger partial charge is 0.306 e. The molecule has 2 heterocycles. The fourth-order valence-corrected chi connectivity index (χ4v) is 4.64. The van der Waals surface area contributed by atoms with E-state index in [1.807, 2.05) is 52.0 Å². The SMILES string of the molecule is COc1ccc(-c2c(C3=CCCCC3)oc3ncnc(O[C@H](C)CCCCC(=O)OC(C)(C)C)c23)cc1. The first-order chi connectivity index (χ1) is 17.7. The quantitative estimate of drug-likeness (QED) is 0.208. The zero-order chi connectivity index (χ0) is 26.4. The van der Waals surface area contributed by atoms with Gasteiger partial charge in [-0.05, 0) is 95.9 Å². The number of hydrogen-bond acceptors (Lipinski definition) is 7. The van der Waals surface area contributed by atoms with Crippen molar-refractivity contribution in [3.63, 3.8) is 0 Å². The summed E-state index contributed by atoms with van der Waals surface area (Å²) in [7, 11) is 1.66. The number of carbonyl (C=O) groups is 1. The third-order valence-electron chi connectivity index (χ3n) is 6.39. The highest BCUT2D eigenvalue weighted by atomic mass is 16.6. The molecule has 1 aliphatic carbocycles. The van der Waals surface area contributed by atoms with E-state index in [9.17, 15) is 4.79 Å². The second-order valence-corrected chi connectivity index (χ2v) is 10.6. The monoisotopic (exact) mass is 506 g/mol. The van der Waals surface area contributed by atoms with Gasteiger partial charge in [0.15, 0.2) is 0 Å². The lowest BCUT2D eigenvalue weighted by atomic mass is 9.93. The average Bonchev–Trinajstić information content (AvgIpc) is 3.27. The number of furan rings is 1. The summed E-state index contributed by atoms with van der Waals surface area (Å²) in [4.78, 5) is 21.0. The molecule has 37 heavy (non-hydrogen) atoms. The van der Waals surface area contributed by atoms with Gasteiger partial charge in [-0.3, -0.25) is 4.79 Å². The van der Waals surface area contributed by atoms with Crippen LogP contribution in [0.2, 0.25) is 0 Å². The second-order valence-electron chi connectivity index (χ2n) is 10.6. The molecule has 0 unspecified atom stereocenters. The number of rotatable bonds is 10. The zero-order valence-electron chi connectivity index (χ0n) is 22.6. The molecular formula is C30H38N2O5. The number of ether oxygens (including phenoxy) is 3. The first-order valence-electron chi connectivity index (χ1n) is 13.2. The minimum absolute atomic E-state index is 0.0901. The summed E-state index contributed by atoms with van der Waals surface area (Å²) in [5, 5.41) is 0.787. The molecule has 7 heteroatoms. The number of fused-ring (bicyclic) bond motifs is 1. The highest BCUT2D eigenvalue weighted by Gasteiger charge is 2.25. The molecule has 1 atom stereocenters. The topological polar surface area (TPSA) is 83.7 Å². The summed E-state index contributed by atoms with van der Waals surface area (Å²) in [5.41, 5.74) is 3.24. The van der Waals surface area contributed by atoms with Gasteiger partial charge in [-0.2, -0.15) is 0 Å². The van der Waals surface area contributed by atoms with Gasteiger partial charge >= 0.3 is 5.97 Å². The number of esters is 1. The van der Waals surface area contributed by atoms with E-state index in [1.165, 1.54) is 18.3 Å². The van der Waals surface area contributed by atoms with Crippen LogP contribution >= 0.6 is 0 Å². The van der Waals surface area contributed by atoms with E-state index in [1.54, 1.807) is 7.11 Å². The van der Waals surface area contributed by atoms with Crippen LogP contribution in [0.15, 0.2) is 41.1 Å². The van der Waals surface area contributed by atoms with Crippen molar-refractivity contribution in [3.05, 3.63) is 42.4 Å². The highest BCUT2D eigenvalue weighted by molar-refractivity contribution is 6.01. The maximum Gasteiger partial charge on any atom is 0.306 e. The first kappa shape index (κ1) is 26.7. The number of aromatic nitrogens is 2. The molecule has 0 aliphatic heterocycles. The van der Waals surface area contributed by atoms with E-state index in [4.69, 9.17) is 18.6 Å². The predicted octanol–water partition coefficient (Wildman–Crippen LogP) is 7.53. The molecule has 0 fully saturated rings. The van der Waals surface area contributed by atoms with Gasteiger partial charge in [-0.15, -0.1) is 0 Å². The number of nitrogens with zero attached hydrogens (tertiary/aromatic N) is 2. The Morgan fingerprint density at radius 1 is 1.11 bits per heavy atom. The lowest BCUT2D eigenvalue weighted by Gasteiger charge is -2.19. The number of carbonyl (C=O) groups excluding carboxylic acids is 1. The molecule has 0 spiro atoms. The number of hydrogen-bond donors (Lipinski definition) is 0. The Balaban J connectivity index is 1.56. The van der Waals surface area contributed by atoms with Gasteiger partial charge in [0.25, 0.3) is 0 Å². The van der Waals surface area contributed by atoms with Crippen molar-refractivity contribution >= 4 is 22.6 Å². The van der Waals surface area contributed by atoms with E-state index in [-0.39, 0.29) is 12.1 Å². The molecular weight excluding hydrogens is 468 g/mol. The molecule has 4 rings (SSSR count). The second kappa shape index (κ2) is 11.8. The number of unbranched alkanes of at least 4 members (excludes halogenated alkanes) is 1. The summed E-state index contributed by atoms with van der Waals surface area (Å²) in [6.07, 6.45) is 10.8. The molecule has 0 N–H and O–H groups in total. The van der Waals surface area contributed by atoms with Gasteiger partial charge in [0.2, 0.25) is 11.6 Å².